The van der Waals surface area contributed by atoms with E-state index in [-0.39, 0.29) is 5.91 Å². The van der Waals surface area contributed by atoms with Crippen LogP contribution in [0.15, 0.2) is 42.7 Å². The number of aromatic nitrogens is 2. The van der Waals surface area contributed by atoms with Gasteiger partial charge in [-0.2, -0.15) is 0 Å². The van der Waals surface area contributed by atoms with E-state index in [9.17, 15) is 9.90 Å². The molecule has 0 saturated carbocycles. The molecule has 7 nitrogen and oxygen atoms in total. The average Bonchev–Trinajstić information content (AvgIpc) is 2.80. The van der Waals surface area contributed by atoms with Gasteiger partial charge in [-0.1, -0.05) is 18.2 Å². The number of nitrogens with zero attached hydrogens (tertiary/aromatic N) is 3. The molecule has 1 atom stereocenters. The van der Waals surface area contributed by atoms with Crippen molar-refractivity contribution in [3.63, 3.8) is 0 Å². The Bertz CT molecular complexity index is 647. The van der Waals surface area contributed by atoms with E-state index in [1.54, 1.807) is 4.90 Å². The summed E-state index contributed by atoms with van der Waals surface area (Å²) in [5.74, 6) is 0.268. The predicted octanol–water partition coefficient (Wildman–Crippen LogP) is 0.626. The quantitative estimate of drug-likeness (QED) is 0.770. The van der Waals surface area contributed by atoms with Crippen LogP contribution in [0, 0.1) is 0 Å². The molecule has 0 bridgehead atoms. The van der Waals surface area contributed by atoms with Crippen LogP contribution in [0.25, 0.3) is 0 Å². The van der Waals surface area contributed by atoms with Gasteiger partial charge in [0.25, 0.3) is 5.91 Å². The number of hydrogen-bond acceptors (Lipinski definition) is 6. The van der Waals surface area contributed by atoms with Gasteiger partial charge in [0, 0.05) is 44.3 Å². The van der Waals surface area contributed by atoms with Gasteiger partial charge >= 0.3 is 0 Å². The summed E-state index contributed by atoms with van der Waals surface area (Å²) in [6.45, 7) is 2.03. The van der Waals surface area contributed by atoms with E-state index in [2.05, 4.69) is 20.6 Å². The highest BCUT2D eigenvalue weighted by Gasteiger charge is 2.21. The van der Waals surface area contributed by atoms with E-state index >= 15 is 0 Å². The van der Waals surface area contributed by atoms with Crippen LogP contribution in [0.4, 0.5) is 11.6 Å². The number of para-hydroxylation sites is 1. The fraction of sp³-hybridized carbons (Fsp3) is 0.312. The van der Waals surface area contributed by atoms with E-state index in [1.165, 1.54) is 12.4 Å². The highest BCUT2D eigenvalue weighted by molar-refractivity contribution is 5.93. The molecule has 0 aliphatic carbocycles. The number of β-amino-alcohol motifs (C(OH)–C–C–N with tert-alkyl or cyclic N) is 1. The fourth-order valence-electron chi connectivity index (χ4n) is 2.41. The first kappa shape index (κ1) is 15.4. The number of anilines is 2. The maximum atomic E-state index is 12.5. The third-order valence-electron chi connectivity index (χ3n) is 3.59. The molecule has 0 radical (unpaired) electrons. The van der Waals surface area contributed by atoms with Crippen LogP contribution in [-0.2, 0) is 0 Å². The van der Waals surface area contributed by atoms with Crippen molar-refractivity contribution in [2.45, 2.75) is 6.10 Å². The van der Waals surface area contributed by atoms with Crippen LogP contribution in [0.5, 0.6) is 0 Å². The zero-order valence-electron chi connectivity index (χ0n) is 12.6. The third kappa shape index (κ3) is 4.02. The Kier molecular flexibility index (Phi) is 4.80. The minimum Gasteiger partial charge on any atom is -0.390 e. The van der Waals surface area contributed by atoms with Gasteiger partial charge in [0.05, 0.1) is 11.7 Å². The number of benzene rings is 1. The van der Waals surface area contributed by atoms with E-state index in [1.807, 2.05) is 30.3 Å². The number of amides is 1. The topological polar surface area (TPSA) is 90.4 Å². The third-order valence-corrected chi connectivity index (χ3v) is 3.59. The van der Waals surface area contributed by atoms with Crippen LogP contribution in [-0.4, -0.2) is 58.2 Å². The Morgan fingerprint density at radius 3 is 2.74 bits per heavy atom. The van der Waals surface area contributed by atoms with Crippen LogP contribution >= 0.6 is 0 Å². The standard InChI is InChI=1S/C16H19N5O2/c22-14-10-17-6-7-21(11-14)15(23)12-8-18-16(19-9-12)20-13-4-2-1-3-5-13/h1-5,8-9,14,17,22H,6-7,10-11H2,(H,18,19,20). The lowest BCUT2D eigenvalue weighted by Gasteiger charge is -2.21. The van der Waals surface area contributed by atoms with Crippen LogP contribution in [0.1, 0.15) is 10.4 Å². The molecule has 1 amide bonds. The molecule has 1 saturated heterocycles. The van der Waals surface area contributed by atoms with Gasteiger partial charge in [-0.3, -0.25) is 4.79 Å². The first-order valence-electron chi connectivity index (χ1n) is 7.54. The molecule has 120 valence electrons. The summed E-state index contributed by atoms with van der Waals surface area (Å²) in [6.07, 6.45) is 2.46. The first-order chi connectivity index (χ1) is 11.2. The van der Waals surface area contributed by atoms with E-state index in [0.717, 1.165) is 5.69 Å². The van der Waals surface area contributed by atoms with Crippen molar-refractivity contribution in [3.8, 4) is 0 Å². The van der Waals surface area contributed by atoms with E-state index in [0.29, 0.717) is 37.7 Å². The van der Waals surface area contributed by atoms with Crippen molar-refractivity contribution in [1.82, 2.24) is 20.2 Å². The molecule has 1 aromatic heterocycles. The van der Waals surface area contributed by atoms with Crippen LogP contribution < -0.4 is 10.6 Å². The van der Waals surface area contributed by atoms with Crippen molar-refractivity contribution in [2.24, 2.45) is 0 Å². The molecular weight excluding hydrogens is 294 g/mol. The molecule has 2 aromatic rings. The predicted molar refractivity (Wildman–Crippen MR) is 86.5 cm³/mol. The minimum absolute atomic E-state index is 0.168. The lowest BCUT2D eigenvalue weighted by Crippen LogP contribution is -2.37. The monoisotopic (exact) mass is 313 g/mol. The Morgan fingerprint density at radius 2 is 2.00 bits per heavy atom. The summed E-state index contributed by atoms with van der Waals surface area (Å²) in [5, 5.41) is 15.9. The van der Waals surface area contributed by atoms with Gasteiger partial charge in [0.2, 0.25) is 5.95 Å². The molecule has 1 unspecified atom stereocenters. The normalized spacial score (nSPS) is 18.3. The molecular formula is C16H19N5O2. The summed E-state index contributed by atoms with van der Waals surface area (Å²) < 4.78 is 0. The largest absolute Gasteiger partial charge is 0.390 e. The zero-order valence-corrected chi connectivity index (χ0v) is 12.6. The van der Waals surface area contributed by atoms with E-state index in [4.69, 9.17) is 0 Å². The smallest absolute Gasteiger partial charge is 0.257 e. The van der Waals surface area contributed by atoms with Crippen LogP contribution in [0.3, 0.4) is 0 Å². The second-order valence-electron chi connectivity index (χ2n) is 5.40. The van der Waals surface area contributed by atoms with Gasteiger partial charge in [-0.25, -0.2) is 9.97 Å². The van der Waals surface area contributed by atoms with Gasteiger partial charge in [0.15, 0.2) is 0 Å². The summed E-state index contributed by atoms with van der Waals surface area (Å²) in [7, 11) is 0. The summed E-state index contributed by atoms with van der Waals surface area (Å²) in [4.78, 5) is 22.4. The van der Waals surface area contributed by atoms with Crippen molar-refractivity contribution in [3.05, 3.63) is 48.3 Å². The molecule has 1 fully saturated rings. The second-order valence-corrected chi connectivity index (χ2v) is 5.40. The zero-order chi connectivity index (χ0) is 16.1. The number of aliphatic hydroxyl groups excluding tert-OH is 1. The fourth-order valence-corrected chi connectivity index (χ4v) is 2.41. The van der Waals surface area contributed by atoms with Crippen molar-refractivity contribution < 1.29 is 9.90 Å². The number of carbonyl (C=O) groups excluding carboxylic acids is 1. The molecule has 2 heterocycles. The second kappa shape index (κ2) is 7.17. The van der Waals surface area contributed by atoms with Crippen molar-refractivity contribution >= 4 is 17.5 Å². The lowest BCUT2D eigenvalue weighted by molar-refractivity contribution is 0.0672. The van der Waals surface area contributed by atoms with Crippen LogP contribution in [0.2, 0.25) is 0 Å². The number of hydrogen-bond donors (Lipinski definition) is 3. The van der Waals surface area contributed by atoms with Gasteiger partial charge in [0.1, 0.15) is 0 Å². The van der Waals surface area contributed by atoms with Crippen molar-refractivity contribution in [1.29, 1.82) is 0 Å². The Morgan fingerprint density at radius 1 is 1.26 bits per heavy atom. The minimum atomic E-state index is -0.554. The lowest BCUT2D eigenvalue weighted by atomic mass is 10.2. The molecule has 1 aliphatic heterocycles. The number of nitrogens with one attached hydrogen (secondary N) is 2. The molecule has 1 aliphatic rings. The molecule has 7 heteroatoms. The Hall–Kier alpha value is -2.51. The summed E-state index contributed by atoms with van der Waals surface area (Å²) in [6, 6.07) is 9.58. The SMILES string of the molecule is O=C(c1cnc(Nc2ccccc2)nc1)N1CCNCC(O)C1. The first-order valence-corrected chi connectivity index (χ1v) is 7.54. The maximum absolute atomic E-state index is 12.5. The Balaban J connectivity index is 1.67. The molecule has 1 aromatic carbocycles. The summed E-state index contributed by atoms with van der Waals surface area (Å²) in [5.41, 5.74) is 1.30. The number of rotatable bonds is 3. The average molecular weight is 313 g/mol. The number of carbonyl (C=O) groups is 1. The van der Waals surface area contributed by atoms with Gasteiger partial charge in [-0.05, 0) is 12.1 Å². The molecule has 3 rings (SSSR count). The van der Waals surface area contributed by atoms with Gasteiger partial charge < -0.3 is 20.6 Å². The van der Waals surface area contributed by atoms with Crippen molar-refractivity contribution in [2.75, 3.05) is 31.5 Å². The highest BCUT2D eigenvalue weighted by Crippen LogP contribution is 2.12. The number of aliphatic hydroxyl groups is 1. The Labute approximate surface area is 134 Å². The van der Waals surface area contributed by atoms with Gasteiger partial charge in [-0.15, -0.1) is 0 Å². The molecule has 3 N–H and O–H groups in total. The summed E-state index contributed by atoms with van der Waals surface area (Å²) >= 11 is 0. The van der Waals surface area contributed by atoms with E-state index < -0.39 is 6.10 Å². The maximum Gasteiger partial charge on any atom is 0.257 e. The molecule has 0 spiro atoms. The molecule has 23 heavy (non-hydrogen) atoms. The highest BCUT2D eigenvalue weighted by atomic mass is 16.3.